The summed E-state index contributed by atoms with van der Waals surface area (Å²) in [6.07, 6.45) is 5.01. The van der Waals surface area contributed by atoms with Crippen molar-refractivity contribution >= 4 is 27.9 Å². The molecule has 1 rings (SSSR count). The Balaban J connectivity index is 2.40. The number of amides is 1. The van der Waals surface area contributed by atoms with E-state index in [0.717, 1.165) is 22.9 Å². The normalized spacial score (nSPS) is 12.6. The Hall–Kier alpha value is -1.13. The van der Waals surface area contributed by atoms with Gasteiger partial charge in [0.05, 0.1) is 0 Å². The Morgan fingerprint density at radius 1 is 1.42 bits per heavy atom. The Labute approximate surface area is 122 Å². The van der Waals surface area contributed by atoms with Crippen molar-refractivity contribution in [1.29, 1.82) is 0 Å². The summed E-state index contributed by atoms with van der Waals surface area (Å²) < 4.78 is 1.02. The molecule has 0 aliphatic rings. The van der Waals surface area contributed by atoms with E-state index in [1.54, 1.807) is 6.08 Å². The highest BCUT2D eigenvalue weighted by atomic mass is 79.9. The zero-order valence-electron chi connectivity index (χ0n) is 11.1. The van der Waals surface area contributed by atoms with Gasteiger partial charge in [0.15, 0.2) is 0 Å². The molecule has 19 heavy (non-hydrogen) atoms. The number of rotatable bonds is 7. The first-order valence-electron chi connectivity index (χ1n) is 6.48. The van der Waals surface area contributed by atoms with Gasteiger partial charge in [-0.15, -0.1) is 0 Å². The van der Waals surface area contributed by atoms with Crippen molar-refractivity contribution in [3.8, 4) is 0 Å². The highest BCUT2D eigenvalue weighted by Crippen LogP contribution is 2.11. The number of carbonyl (C=O) groups excluding carboxylic acids is 1. The lowest BCUT2D eigenvalue weighted by atomic mass is 10.0. The van der Waals surface area contributed by atoms with Gasteiger partial charge in [-0.1, -0.05) is 41.4 Å². The highest BCUT2D eigenvalue weighted by molar-refractivity contribution is 9.10. The van der Waals surface area contributed by atoms with E-state index in [1.165, 1.54) is 6.08 Å². The molecule has 1 aromatic carbocycles. The molecule has 104 valence electrons. The maximum absolute atomic E-state index is 11.6. The van der Waals surface area contributed by atoms with Crippen LogP contribution in [0, 0.1) is 5.92 Å². The minimum absolute atomic E-state index is 0.0979. The van der Waals surface area contributed by atoms with Gasteiger partial charge in [0.2, 0.25) is 5.91 Å². The molecule has 0 saturated carbocycles. The predicted molar refractivity (Wildman–Crippen MR) is 81.7 cm³/mol. The SMILES string of the molecule is CCC(CCO)CNC(=O)C=Cc1ccc(Br)cc1. The number of nitrogens with one attached hydrogen (secondary N) is 1. The smallest absolute Gasteiger partial charge is 0.244 e. The second-order valence-corrected chi connectivity index (χ2v) is 5.33. The molecule has 0 aliphatic heterocycles. The molecule has 1 aromatic rings. The fourth-order valence-corrected chi connectivity index (χ4v) is 1.95. The largest absolute Gasteiger partial charge is 0.396 e. The monoisotopic (exact) mass is 325 g/mol. The maximum Gasteiger partial charge on any atom is 0.244 e. The van der Waals surface area contributed by atoms with E-state index in [2.05, 4.69) is 28.2 Å². The molecule has 0 heterocycles. The number of carbonyl (C=O) groups is 1. The molecule has 2 N–H and O–H groups in total. The third-order valence-corrected chi connectivity index (χ3v) is 3.51. The van der Waals surface area contributed by atoms with Crippen molar-refractivity contribution in [2.24, 2.45) is 5.92 Å². The number of benzene rings is 1. The van der Waals surface area contributed by atoms with E-state index >= 15 is 0 Å². The van der Waals surface area contributed by atoms with Gasteiger partial charge in [0, 0.05) is 23.7 Å². The molecule has 1 unspecified atom stereocenters. The number of hydrogen-bond acceptors (Lipinski definition) is 2. The summed E-state index contributed by atoms with van der Waals surface area (Å²) in [5, 5.41) is 11.7. The average Bonchev–Trinajstić information content (AvgIpc) is 2.42. The van der Waals surface area contributed by atoms with Crippen LogP contribution in [0.25, 0.3) is 6.08 Å². The third-order valence-electron chi connectivity index (χ3n) is 2.98. The van der Waals surface area contributed by atoms with Crippen LogP contribution in [0.2, 0.25) is 0 Å². The molecule has 0 bridgehead atoms. The van der Waals surface area contributed by atoms with Gasteiger partial charge < -0.3 is 10.4 Å². The van der Waals surface area contributed by atoms with Crippen LogP contribution in [0.1, 0.15) is 25.3 Å². The lowest BCUT2D eigenvalue weighted by molar-refractivity contribution is -0.116. The van der Waals surface area contributed by atoms with Crippen LogP contribution in [0.15, 0.2) is 34.8 Å². The van der Waals surface area contributed by atoms with Gasteiger partial charge in [-0.3, -0.25) is 4.79 Å². The van der Waals surface area contributed by atoms with E-state index in [-0.39, 0.29) is 12.5 Å². The van der Waals surface area contributed by atoms with E-state index in [1.807, 2.05) is 24.3 Å². The van der Waals surface area contributed by atoms with E-state index in [0.29, 0.717) is 12.5 Å². The molecule has 1 amide bonds. The van der Waals surface area contributed by atoms with E-state index in [9.17, 15) is 4.79 Å². The van der Waals surface area contributed by atoms with Crippen LogP contribution in [-0.2, 0) is 4.79 Å². The van der Waals surface area contributed by atoms with Gasteiger partial charge >= 0.3 is 0 Å². The molecule has 0 radical (unpaired) electrons. The number of hydrogen-bond donors (Lipinski definition) is 2. The summed E-state index contributed by atoms with van der Waals surface area (Å²) in [5.74, 6) is 0.245. The van der Waals surface area contributed by atoms with Crippen LogP contribution < -0.4 is 5.32 Å². The predicted octanol–water partition coefficient (Wildman–Crippen LogP) is 2.99. The van der Waals surface area contributed by atoms with Gasteiger partial charge in [0.25, 0.3) is 0 Å². The Bertz CT molecular complexity index is 415. The third kappa shape index (κ3) is 6.55. The van der Waals surface area contributed by atoms with Gasteiger partial charge in [-0.05, 0) is 36.1 Å². The maximum atomic E-state index is 11.6. The molecule has 0 aliphatic carbocycles. The molecular weight excluding hydrogens is 306 g/mol. The van der Waals surface area contributed by atoms with Crippen molar-refractivity contribution in [1.82, 2.24) is 5.32 Å². The molecule has 4 heteroatoms. The Kier molecular flexibility index (Phi) is 7.45. The number of halogens is 1. The van der Waals surface area contributed by atoms with Gasteiger partial charge in [0.1, 0.15) is 0 Å². The lowest BCUT2D eigenvalue weighted by Crippen LogP contribution is -2.28. The van der Waals surface area contributed by atoms with Gasteiger partial charge in [-0.2, -0.15) is 0 Å². The van der Waals surface area contributed by atoms with E-state index < -0.39 is 0 Å². The Morgan fingerprint density at radius 3 is 2.68 bits per heavy atom. The topological polar surface area (TPSA) is 49.3 Å². The molecule has 3 nitrogen and oxygen atoms in total. The van der Waals surface area contributed by atoms with E-state index in [4.69, 9.17) is 5.11 Å². The highest BCUT2D eigenvalue weighted by Gasteiger charge is 2.06. The van der Waals surface area contributed by atoms with Crippen LogP contribution in [0.3, 0.4) is 0 Å². The molecular formula is C15H20BrNO2. The summed E-state index contributed by atoms with van der Waals surface area (Å²) in [4.78, 5) is 11.6. The first-order chi connectivity index (χ1) is 9.15. The summed E-state index contributed by atoms with van der Waals surface area (Å²) in [6, 6.07) is 7.75. The fraction of sp³-hybridized carbons (Fsp3) is 0.400. The molecule has 0 fully saturated rings. The van der Waals surface area contributed by atoms with Crippen LogP contribution in [0.4, 0.5) is 0 Å². The average molecular weight is 326 g/mol. The summed E-state index contributed by atoms with van der Waals surface area (Å²) in [7, 11) is 0. The first-order valence-corrected chi connectivity index (χ1v) is 7.27. The van der Waals surface area contributed by atoms with Crippen LogP contribution in [0.5, 0.6) is 0 Å². The summed E-state index contributed by atoms with van der Waals surface area (Å²) in [6.45, 7) is 2.84. The minimum atomic E-state index is -0.0979. The van der Waals surface area contributed by atoms with Crippen molar-refractivity contribution in [3.05, 3.63) is 40.4 Å². The van der Waals surface area contributed by atoms with Crippen molar-refractivity contribution < 1.29 is 9.90 Å². The van der Waals surface area contributed by atoms with Crippen molar-refractivity contribution in [2.45, 2.75) is 19.8 Å². The molecule has 0 spiro atoms. The van der Waals surface area contributed by atoms with Crippen LogP contribution >= 0.6 is 15.9 Å². The molecule has 0 aromatic heterocycles. The van der Waals surface area contributed by atoms with Crippen molar-refractivity contribution in [3.63, 3.8) is 0 Å². The molecule has 1 atom stereocenters. The second-order valence-electron chi connectivity index (χ2n) is 4.42. The zero-order valence-corrected chi connectivity index (χ0v) is 12.7. The first kappa shape index (κ1) is 15.9. The summed E-state index contributed by atoms with van der Waals surface area (Å²) in [5.41, 5.74) is 0.987. The minimum Gasteiger partial charge on any atom is -0.396 e. The number of aliphatic hydroxyl groups is 1. The summed E-state index contributed by atoms with van der Waals surface area (Å²) >= 11 is 3.37. The Morgan fingerprint density at radius 2 is 2.11 bits per heavy atom. The van der Waals surface area contributed by atoms with Crippen LogP contribution in [-0.4, -0.2) is 24.2 Å². The standard InChI is InChI=1S/C15H20BrNO2/c1-2-12(9-10-18)11-17-15(19)8-5-13-3-6-14(16)7-4-13/h3-8,12,18H,2,9-11H2,1H3,(H,17,19). The number of aliphatic hydroxyl groups excluding tert-OH is 1. The zero-order chi connectivity index (χ0) is 14.1. The lowest BCUT2D eigenvalue weighted by Gasteiger charge is -2.13. The van der Waals surface area contributed by atoms with Gasteiger partial charge in [-0.25, -0.2) is 0 Å². The fourth-order valence-electron chi connectivity index (χ4n) is 1.68. The quantitative estimate of drug-likeness (QED) is 0.757. The molecule has 0 saturated heterocycles. The van der Waals surface area contributed by atoms with Crippen molar-refractivity contribution in [2.75, 3.05) is 13.2 Å². The second kappa shape index (κ2) is 8.88.